The maximum absolute atomic E-state index is 12.9. The summed E-state index contributed by atoms with van der Waals surface area (Å²) < 4.78 is 7.42. The Labute approximate surface area is 213 Å². The van der Waals surface area contributed by atoms with Crippen molar-refractivity contribution in [3.63, 3.8) is 0 Å². The number of aryl methyl sites for hydroxylation is 4. The summed E-state index contributed by atoms with van der Waals surface area (Å²) >= 11 is 0. The van der Waals surface area contributed by atoms with Gasteiger partial charge in [0.25, 0.3) is 0 Å². The minimum Gasteiger partial charge on any atom is -0.467 e. The third-order valence-electron chi connectivity index (χ3n) is 6.51. The Kier molecular flexibility index (Phi) is 7.53. The lowest BCUT2D eigenvalue weighted by Gasteiger charge is -2.32. The van der Waals surface area contributed by atoms with E-state index in [1.807, 2.05) is 48.2 Å². The van der Waals surface area contributed by atoms with E-state index < -0.39 is 6.04 Å². The molecular weight excluding hydrogens is 448 g/mol. The van der Waals surface area contributed by atoms with Gasteiger partial charge in [-0.25, -0.2) is 14.8 Å². The number of methoxy groups -OCH3 is 1. The van der Waals surface area contributed by atoms with Crippen LogP contribution in [0.2, 0.25) is 0 Å². The minimum absolute atomic E-state index is 0.305. The van der Waals surface area contributed by atoms with Crippen LogP contribution in [-0.4, -0.2) is 34.2 Å². The van der Waals surface area contributed by atoms with Gasteiger partial charge in [-0.2, -0.15) is 0 Å². The van der Waals surface area contributed by atoms with E-state index in [0.717, 1.165) is 57.0 Å². The van der Waals surface area contributed by atoms with Gasteiger partial charge in [-0.05, 0) is 55.2 Å². The standard InChI is InChI=1S/C30H34N4O2/c1-7-16-33(28(30(35)36-6)24-12-10-9-11-13-24)25-15-14-23(18-20(25)3)19-34-26(8-2)32-27-21(4)17-22(5)31-29(27)34/h7,9-15,17-18,28H,1,8,16,19H2,2-6H3. The van der Waals surface area contributed by atoms with Crippen LogP contribution in [0.3, 0.4) is 0 Å². The molecule has 2 aromatic heterocycles. The van der Waals surface area contributed by atoms with Crippen molar-refractivity contribution in [2.45, 2.75) is 46.7 Å². The summed E-state index contributed by atoms with van der Waals surface area (Å²) in [6.45, 7) is 13.4. The molecule has 0 radical (unpaired) electrons. The summed E-state index contributed by atoms with van der Waals surface area (Å²) in [4.78, 5) is 24.7. The molecule has 2 heterocycles. The van der Waals surface area contributed by atoms with Crippen molar-refractivity contribution in [1.82, 2.24) is 14.5 Å². The molecule has 0 N–H and O–H groups in total. The predicted octanol–water partition coefficient (Wildman–Crippen LogP) is 5.87. The predicted molar refractivity (Wildman–Crippen MR) is 145 cm³/mol. The molecule has 0 aliphatic rings. The molecule has 6 nitrogen and oxygen atoms in total. The van der Waals surface area contributed by atoms with Gasteiger partial charge >= 0.3 is 5.97 Å². The number of fused-ring (bicyclic) bond motifs is 1. The summed E-state index contributed by atoms with van der Waals surface area (Å²) in [5, 5.41) is 0. The number of carbonyl (C=O) groups is 1. The van der Waals surface area contributed by atoms with E-state index in [2.05, 4.69) is 56.2 Å². The Morgan fingerprint density at radius 1 is 1.08 bits per heavy atom. The zero-order valence-electron chi connectivity index (χ0n) is 21.8. The van der Waals surface area contributed by atoms with Crippen molar-refractivity contribution in [2.24, 2.45) is 0 Å². The van der Waals surface area contributed by atoms with Crippen LogP contribution in [0.4, 0.5) is 5.69 Å². The molecule has 4 aromatic rings. The summed E-state index contributed by atoms with van der Waals surface area (Å²) in [6.07, 6.45) is 2.64. The Hall–Kier alpha value is -3.93. The number of pyridine rings is 1. The van der Waals surface area contributed by atoms with Crippen molar-refractivity contribution in [3.05, 3.63) is 101 Å². The molecule has 0 fully saturated rings. The zero-order chi connectivity index (χ0) is 25.8. The second-order valence-corrected chi connectivity index (χ2v) is 9.12. The summed E-state index contributed by atoms with van der Waals surface area (Å²) in [7, 11) is 1.43. The molecule has 0 bridgehead atoms. The third-order valence-corrected chi connectivity index (χ3v) is 6.51. The first-order valence-electron chi connectivity index (χ1n) is 12.3. The van der Waals surface area contributed by atoms with E-state index >= 15 is 0 Å². The highest BCUT2D eigenvalue weighted by Crippen LogP contribution is 2.32. The number of ether oxygens (including phenoxy) is 1. The van der Waals surface area contributed by atoms with Gasteiger partial charge in [0.15, 0.2) is 11.7 Å². The second-order valence-electron chi connectivity index (χ2n) is 9.12. The fourth-order valence-electron chi connectivity index (χ4n) is 4.88. The van der Waals surface area contributed by atoms with Crippen LogP contribution in [0, 0.1) is 20.8 Å². The first-order chi connectivity index (χ1) is 17.4. The number of benzene rings is 2. The van der Waals surface area contributed by atoms with Crippen molar-refractivity contribution >= 4 is 22.8 Å². The second kappa shape index (κ2) is 10.8. The maximum atomic E-state index is 12.9. The molecule has 1 unspecified atom stereocenters. The molecule has 0 amide bonds. The summed E-state index contributed by atoms with van der Waals surface area (Å²) in [5.41, 5.74) is 8.09. The summed E-state index contributed by atoms with van der Waals surface area (Å²) in [6, 6.07) is 17.6. The Bertz CT molecular complexity index is 1390. The topological polar surface area (TPSA) is 60.2 Å². The number of imidazole rings is 1. The third kappa shape index (κ3) is 4.89. The van der Waals surface area contributed by atoms with Crippen molar-refractivity contribution in [1.29, 1.82) is 0 Å². The number of hydrogen-bond donors (Lipinski definition) is 0. The largest absolute Gasteiger partial charge is 0.467 e. The van der Waals surface area contributed by atoms with Crippen LogP contribution in [0.15, 0.2) is 67.3 Å². The van der Waals surface area contributed by atoms with E-state index in [4.69, 9.17) is 14.7 Å². The van der Waals surface area contributed by atoms with E-state index in [-0.39, 0.29) is 5.97 Å². The molecule has 0 aliphatic carbocycles. The highest BCUT2D eigenvalue weighted by Gasteiger charge is 2.29. The fraction of sp³-hybridized carbons (Fsp3) is 0.300. The van der Waals surface area contributed by atoms with E-state index in [1.165, 1.54) is 7.11 Å². The molecule has 2 aromatic carbocycles. The van der Waals surface area contributed by atoms with Gasteiger partial charge in [0.1, 0.15) is 11.3 Å². The normalized spacial score (nSPS) is 11.9. The Balaban J connectivity index is 1.74. The number of rotatable bonds is 9. The minimum atomic E-state index is -0.571. The molecule has 0 saturated heterocycles. The number of nitrogens with zero attached hydrogens (tertiary/aromatic N) is 4. The lowest BCUT2D eigenvalue weighted by molar-refractivity contribution is -0.142. The molecule has 36 heavy (non-hydrogen) atoms. The van der Waals surface area contributed by atoms with Gasteiger partial charge in [0.05, 0.1) is 13.7 Å². The number of aromatic nitrogens is 3. The molecule has 4 rings (SSSR count). The highest BCUT2D eigenvalue weighted by molar-refractivity contribution is 5.82. The van der Waals surface area contributed by atoms with Gasteiger partial charge in [-0.15, -0.1) is 6.58 Å². The Morgan fingerprint density at radius 3 is 2.47 bits per heavy atom. The van der Waals surface area contributed by atoms with E-state index in [1.54, 1.807) is 0 Å². The quantitative estimate of drug-likeness (QED) is 0.220. The molecule has 6 heteroatoms. The maximum Gasteiger partial charge on any atom is 0.333 e. The number of esters is 1. The highest BCUT2D eigenvalue weighted by atomic mass is 16.5. The van der Waals surface area contributed by atoms with Crippen molar-refractivity contribution in [3.8, 4) is 0 Å². The monoisotopic (exact) mass is 482 g/mol. The molecule has 0 spiro atoms. The lowest BCUT2D eigenvalue weighted by Crippen LogP contribution is -2.35. The summed E-state index contributed by atoms with van der Waals surface area (Å²) in [5.74, 6) is 0.719. The number of anilines is 1. The van der Waals surface area contributed by atoms with Gasteiger partial charge < -0.3 is 14.2 Å². The van der Waals surface area contributed by atoms with Crippen LogP contribution < -0.4 is 4.90 Å². The Morgan fingerprint density at radius 2 is 1.83 bits per heavy atom. The van der Waals surface area contributed by atoms with Crippen LogP contribution in [0.25, 0.3) is 11.2 Å². The fourth-order valence-corrected chi connectivity index (χ4v) is 4.88. The van der Waals surface area contributed by atoms with E-state index in [0.29, 0.717) is 13.1 Å². The van der Waals surface area contributed by atoms with Gasteiger partial charge in [0, 0.05) is 24.3 Å². The number of hydrogen-bond acceptors (Lipinski definition) is 5. The van der Waals surface area contributed by atoms with Crippen LogP contribution in [0.5, 0.6) is 0 Å². The van der Waals surface area contributed by atoms with Crippen LogP contribution in [0.1, 0.15) is 46.7 Å². The van der Waals surface area contributed by atoms with Gasteiger partial charge in [-0.3, -0.25) is 0 Å². The van der Waals surface area contributed by atoms with E-state index in [9.17, 15) is 4.79 Å². The van der Waals surface area contributed by atoms with Crippen LogP contribution in [-0.2, 0) is 22.5 Å². The van der Waals surface area contributed by atoms with Gasteiger partial charge in [0.2, 0.25) is 0 Å². The average molecular weight is 483 g/mol. The first-order valence-corrected chi connectivity index (χ1v) is 12.3. The molecule has 0 aliphatic heterocycles. The molecule has 0 saturated carbocycles. The molecular formula is C30H34N4O2. The molecule has 1 atom stereocenters. The van der Waals surface area contributed by atoms with Crippen molar-refractivity contribution in [2.75, 3.05) is 18.6 Å². The zero-order valence-corrected chi connectivity index (χ0v) is 21.8. The first kappa shape index (κ1) is 25.2. The molecule has 186 valence electrons. The average Bonchev–Trinajstić information content (AvgIpc) is 3.22. The smallest absolute Gasteiger partial charge is 0.333 e. The van der Waals surface area contributed by atoms with Gasteiger partial charge in [-0.1, -0.05) is 55.5 Å². The number of carbonyl (C=O) groups excluding carboxylic acids is 1. The van der Waals surface area contributed by atoms with Crippen molar-refractivity contribution < 1.29 is 9.53 Å². The SMILES string of the molecule is C=CCN(c1ccc(Cn2c(CC)nc3c(C)cc(C)nc32)cc1C)C(C(=O)OC)c1ccccc1. The van der Waals surface area contributed by atoms with Crippen LogP contribution >= 0.6 is 0 Å². The lowest BCUT2D eigenvalue weighted by atomic mass is 10.0.